The minimum atomic E-state index is -0.672. The molecule has 0 aliphatic rings. The molecule has 0 radical (unpaired) electrons. The molecule has 0 saturated carbocycles. The molecular weight excluding hydrogens is 899 g/mol. The van der Waals surface area contributed by atoms with Gasteiger partial charge in [-0.1, -0.05) is 328 Å². The van der Waals surface area contributed by atoms with Crippen molar-refractivity contribution in [2.45, 2.75) is 392 Å². The molecule has 0 aliphatic heterocycles. The molecule has 0 fully saturated rings. The van der Waals surface area contributed by atoms with Crippen LogP contribution in [0.5, 0.6) is 0 Å². The van der Waals surface area contributed by atoms with Gasteiger partial charge in [-0.2, -0.15) is 0 Å². The zero-order valence-electron chi connectivity index (χ0n) is 49.6. The minimum absolute atomic E-state index is 0.00422. The van der Waals surface area contributed by atoms with E-state index in [1.54, 1.807) is 0 Å². The molecule has 0 aliphatic carbocycles. The molecule has 0 saturated heterocycles. The maximum atomic E-state index is 12.5. The number of carbonyl (C=O) groups is 2. The Bertz CT molecular complexity index is 1100. The summed E-state index contributed by atoms with van der Waals surface area (Å²) >= 11 is 0. The maximum absolute atomic E-state index is 12.5. The Morgan fingerprint density at radius 2 is 0.644 bits per heavy atom. The molecule has 73 heavy (non-hydrogen) atoms. The molecule has 1 amide bonds. The van der Waals surface area contributed by atoms with E-state index >= 15 is 0 Å². The predicted octanol–water partition coefficient (Wildman–Crippen LogP) is 21.2. The van der Waals surface area contributed by atoms with E-state index in [2.05, 4.69) is 31.3 Å². The highest BCUT2D eigenvalue weighted by molar-refractivity contribution is 5.76. The monoisotopic (exact) mass is 1030 g/mol. The number of allylic oxidation sites excluding steroid dienone is 2. The minimum Gasteiger partial charge on any atom is -0.466 e. The number of nitrogens with one attached hydrogen (secondary N) is 1. The number of rotatable bonds is 63. The molecule has 434 valence electrons. The Labute approximate surface area is 457 Å². The summed E-state index contributed by atoms with van der Waals surface area (Å²) in [6.07, 6.45) is 76.6. The lowest BCUT2D eigenvalue weighted by Crippen LogP contribution is -2.45. The van der Waals surface area contributed by atoms with Gasteiger partial charge < -0.3 is 20.3 Å². The van der Waals surface area contributed by atoms with E-state index in [9.17, 15) is 19.8 Å². The van der Waals surface area contributed by atoms with Gasteiger partial charge in [0.25, 0.3) is 0 Å². The number of esters is 1. The third kappa shape index (κ3) is 59.7. The van der Waals surface area contributed by atoms with Crippen LogP contribution in [0.2, 0.25) is 0 Å². The first-order chi connectivity index (χ1) is 36.0. The molecule has 0 aromatic rings. The standard InChI is InChI=1S/C67H131NO5/c1-3-5-7-9-11-13-15-17-19-21-23-25-27-31-35-39-43-47-51-55-59-65(70)64(63-69)68-66(71)60-56-52-48-44-40-36-32-28-26-30-34-38-42-46-50-54-58-62-73-67(72)61-57-53-49-45-41-37-33-29-24-22-20-18-16-14-12-10-8-6-4-2/h26,30,64-65,69-70H,3-25,27-29,31-63H2,1-2H3,(H,68,71)/b30-26-. The van der Waals surface area contributed by atoms with Crippen LogP contribution in [0.4, 0.5) is 0 Å². The van der Waals surface area contributed by atoms with Crippen LogP contribution in [-0.2, 0) is 14.3 Å². The smallest absolute Gasteiger partial charge is 0.305 e. The lowest BCUT2D eigenvalue weighted by atomic mass is 10.0. The summed E-state index contributed by atoms with van der Waals surface area (Å²) in [5.41, 5.74) is 0. The van der Waals surface area contributed by atoms with Crippen LogP contribution in [0, 0.1) is 0 Å². The van der Waals surface area contributed by atoms with E-state index in [1.165, 1.54) is 295 Å². The quantitative estimate of drug-likeness (QED) is 0.0320. The number of ether oxygens (including phenoxy) is 1. The predicted molar refractivity (Wildman–Crippen MR) is 320 cm³/mol. The van der Waals surface area contributed by atoms with Gasteiger partial charge in [0.2, 0.25) is 5.91 Å². The van der Waals surface area contributed by atoms with Crippen LogP contribution in [-0.4, -0.2) is 47.4 Å². The van der Waals surface area contributed by atoms with Crippen molar-refractivity contribution in [1.82, 2.24) is 5.32 Å². The highest BCUT2D eigenvalue weighted by atomic mass is 16.5. The highest BCUT2D eigenvalue weighted by Gasteiger charge is 2.20. The molecule has 6 nitrogen and oxygen atoms in total. The molecular formula is C67H131NO5. The number of hydrogen-bond donors (Lipinski definition) is 3. The van der Waals surface area contributed by atoms with E-state index in [4.69, 9.17) is 4.74 Å². The normalized spacial score (nSPS) is 12.5. The van der Waals surface area contributed by atoms with Gasteiger partial charge in [-0.05, 0) is 51.4 Å². The number of carbonyl (C=O) groups excluding carboxylic acids is 2. The Kier molecular flexibility index (Phi) is 61.9. The largest absolute Gasteiger partial charge is 0.466 e. The first kappa shape index (κ1) is 71.6. The summed E-state index contributed by atoms with van der Waals surface area (Å²) in [5, 5.41) is 23.4. The lowest BCUT2D eigenvalue weighted by Gasteiger charge is -2.22. The van der Waals surface area contributed by atoms with Crippen molar-refractivity contribution in [2.75, 3.05) is 13.2 Å². The summed E-state index contributed by atoms with van der Waals surface area (Å²) in [5.74, 6) is -0.0385. The third-order valence-corrected chi connectivity index (χ3v) is 15.8. The molecule has 6 heteroatoms. The summed E-state index contributed by atoms with van der Waals surface area (Å²) in [6.45, 7) is 4.98. The molecule has 2 unspecified atom stereocenters. The molecule has 3 N–H and O–H groups in total. The summed E-state index contributed by atoms with van der Waals surface area (Å²) in [7, 11) is 0. The van der Waals surface area contributed by atoms with Crippen LogP contribution in [0.1, 0.15) is 380 Å². The van der Waals surface area contributed by atoms with Crippen LogP contribution in [0.25, 0.3) is 0 Å². The third-order valence-electron chi connectivity index (χ3n) is 15.8. The van der Waals surface area contributed by atoms with Gasteiger partial charge in [-0.25, -0.2) is 0 Å². The Morgan fingerprint density at radius 1 is 0.370 bits per heavy atom. The lowest BCUT2D eigenvalue weighted by molar-refractivity contribution is -0.143. The van der Waals surface area contributed by atoms with Crippen molar-refractivity contribution in [3.8, 4) is 0 Å². The van der Waals surface area contributed by atoms with E-state index in [-0.39, 0.29) is 18.5 Å². The van der Waals surface area contributed by atoms with Crippen molar-refractivity contribution < 1.29 is 24.5 Å². The number of hydrogen-bond acceptors (Lipinski definition) is 5. The Morgan fingerprint density at radius 3 is 0.973 bits per heavy atom. The van der Waals surface area contributed by atoms with Gasteiger partial charge in [0.15, 0.2) is 0 Å². The fourth-order valence-corrected chi connectivity index (χ4v) is 10.7. The molecule has 0 bridgehead atoms. The van der Waals surface area contributed by atoms with Gasteiger partial charge >= 0.3 is 5.97 Å². The average molecular weight is 1030 g/mol. The second-order valence-corrected chi connectivity index (χ2v) is 23.2. The molecule has 0 rings (SSSR count). The average Bonchev–Trinajstić information content (AvgIpc) is 3.39. The SMILES string of the molecule is CCCCCCCCCCCCCCCCCCCCCCC(O)C(CO)NC(=O)CCCCCCCCC/C=C\CCCCCCCCOC(=O)CCCCCCCCCCCCCCCCCCCCC. The van der Waals surface area contributed by atoms with Crippen molar-refractivity contribution in [1.29, 1.82) is 0 Å². The zero-order valence-corrected chi connectivity index (χ0v) is 49.6. The summed E-state index contributed by atoms with van der Waals surface area (Å²) in [4.78, 5) is 24.6. The first-order valence-electron chi connectivity index (χ1n) is 33.4. The van der Waals surface area contributed by atoms with Crippen LogP contribution >= 0.6 is 0 Å². The molecule has 0 aromatic carbocycles. The zero-order chi connectivity index (χ0) is 52.9. The van der Waals surface area contributed by atoms with Crippen molar-refractivity contribution >= 4 is 11.9 Å². The number of aliphatic hydroxyl groups excluding tert-OH is 2. The van der Waals surface area contributed by atoms with Crippen molar-refractivity contribution in [3.05, 3.63) is 12.2 Å². The van der Waals surface area contributed by atoms with Crippen molar-refractivity contribution in [3.63, 3.8) is 0 Å². The van der Waals surface area contributed by atoms with Crippen LogP contribution in [0.15, 0.2) is 12.2 Å². The van der Waals surface area contributed by atoms with Gasteiger partial charge in [-0.3, -0.25) is 9.59 Å². The van der Waals surface area contributed by atoms with Crippen LogP contribution < -0.4 is 5.32 Å². The fourth-order valence-electron chi connectivity index (χ4n) is 10.7. The summed E-state index contributed by atoms with van der Waals surface area (Å²) in [6, 6.07) is -0.551. The fraction of sp³-hybridized carbons (Fsp3) is 0.940. The van der Waals surface area contributed by atoms with Crippen molar-refractivity contribution in [2.24, 2.45) is 0 Å². The maximum Gasteiger partial charge on any atom is 0.305 e. The van der Waals surface area contributed by atoms with Gasteiger partial charge in [0.05, 0.1) is 25.4 Å². The molecule has 0 aromatic heterocycles. The Balaban J connectivity index is 3.42. The van der Waals surface area contributed by atoms with Gasteiger partial charge in [0.1, 0.15) is 0 Å². The van der Waals surface area contributed by atoms with Gasteiger partial charge in [0, 0.05) is 12.8 Å². The topological polar surface area (TPSA) is 95.9 Å². The van der Waals surface area contributed by atoms with E-state index in [0.29, 0.717) is 25.9 Å². The number of unbranched alkanes of at least 4 members (excludes halogenated alkanes) is 50. The van der Waals surface area contributed by atoms with Crippen LogP contribution in [0.3, 0.4) is 0 Å². The Hall–Kier alpha value is -1.40. The molecule has 2 atom stereocenters. The molecule has 0 heterocycles. The second kappa shape index (κ2) is 63.1. The molecule has 0 spiro atoms. The second-order valence-electron chi connectivity index (χ2n) is 23.2. The highest BCUT2D eigenvalue weighted by Crippen LogP contribution is 2.19. The number of amides is 1. The van der Waals surface area contributed by atoms with E-state index < -0.39 is 12.1 Å². The first-order valence-corrected chi connectivity index (χ1v) is 33.4. The number of aliphatic hydroxyl groups is 2. The summed E-state index contributed by atoms with van der Waals surface area (Å²) < 4.78 is 5.50. The van der Waals surface area contributed by atoms with Gasteiger partial charge in [-0.15, -0.1) is 0 Å². The van der Waals surface area contributed by atoms with E-state index in [1.807, 2.05) is 0 Å². The van der Waals surface area contributed by atoms with E-state index in [0.717, 1.165) is 51.4 Å².